The maximum absolute atomic E-state index is 13.6. The van der Waals surface area contributed by atoms with Gasteiger partial charge in [0.05, 0.1) is 17.5 Å². The number of hydrogen-bond donors (Lipinski definition) is 0. The maximum atomic E-state index is 13.6. The zero-order valence-electron chi connectivity index (χ0n) is 22.3. The fourth-order valence-corrected chi connectivity index (χ4v) is 4.26. The van der Waals surface area contributed by atoms with Gasteiger partial charge in [-0.3, -0.25) is 0 Å². The van der Waals surface area contributed by atoms with Gasteiger partial charge in [-0.2, -0.15) is 17.5 Å². The zero-order chi connectivity index (χ0) is 33.7. The first kappa shape index (κ1) is 55.8. The molecule has 2 radical (unpaired) electrons. The summed E-state index contributed by atoms with van der Waals surface area (Å²) in [5, 5.41) is 0. The predicted molar refractivity (Wildman–Crippen MR) is 131 cm³/mol. The summed E-state index contributed by atoms with van der Waals surface area (Å²) >= 11 is 0. The van der Waals surface area contributed by atoms with Crippen LogP contribution < -0.4 is 0 Å². The molecule has 0 amide bonds. The molecule has 15 heteroatoms. The first-order chi connectivity index (χ1) is 19.6. The minimum absolute atomic E-state index is 0. The van der Waals surface area contributed by atoms with Gasteiger partial charge in [-0.25, -0.2) is 8.42 Å². The van der Waals surface area contributed by atoms with E-state index in [1.807, 2.05) is 0 Å². The molecule has 0 saturated carbocycles. The number of benzene rings is 2. The van der Waals surface area contributed by atoms with Crippen molar-refractivity contribution in [2.45, 2.75) is 37.4 Å². The second-order valence-corrected chi connectivity index (χ2v) is 8.30. The van der Waals surface area contributed by atoms with Crippen LogP contribution in [0.1, 0.15) is 30.5 Å². The Morgan fingerprint density at radius 3 is 1.56 bits per heavy atom. The maximum Gasteiger partial charge on any atom is 0 e. The minimum Gasteiger partial charge on any atom is 0 e. The van der Waals surface area contributed by atoms with Crippen LogP contribution in [0.15, 0.2) is 71.6 Å². The molecular formula is C28H22Co2F3NO8S. The number of aryl methyl sites for hydroxylation is 1. The van der Waals surface area contributed by atoms with Gasteiger partial charge in [-0.1, -0.05) is 67.5 Å². The molecule has 0 aliphatic rings. The van der Waals surface area contributed by atoms with Crippen LogP contribution in [0.5, 0.6) is 0 Å². The van der Waals surface area contributed by atoms with E-state index >= 15 is 0 Å². The average molecular weight is 707 g/mol. The number of halogens is 3. The fourth-order valence-electron chi connectivity index (χ4n) is 2.75. The molecule has 0 aromatic heterocycles. The third-order valence-electron chi connectivity index (χ3n) is 4.26. The molecule has 0 heterocycles. The molecule has 232 valence electrons. The Hall–Kier alpha value is -3.11. The van der Waals surface area contributed by atoms with Crippen molar-refractivity contribution >= 4 is 10.0 Å². The van der Waals surface area contributed by atoms with Crippen LogP contribution in [-0.2, 0) is 71.5 Å². The van der Waals surface area contributed by atoms with Crippen molar-refractivity contribution < 1.29 is 83.1 Å². The summed E-state index contributed by atoms with van der Waals surface area (Å²) in [6, 6.07) is 12.0. The minimum atomic E-state index is -4.78. The van der Waals surface area contributed by atoms with Crippen molar-refractivity contribution in [3.8, 4) is 11.8 Å². The smallest absolute Gasteiger partial charge is 0 e. The van der Waals surface area contributed by atoms with Gasteiger partial charge in [0.2, 0.25) is 10.0 Å². The monoisotopic (exact) mass is 707 g/mol. The van der Waals surface area contributed by atoms with Gasteiger partial charge in [0, 0.05) is 45.6 Å². The zero-order valence-corrected chi connectivity index (χ0v) is 25.2. The molecule has 0 bridgehead atoms. The Morgan fingerprint density at radius 1 is 0.814 bits per heavy atom. The Morgan fingerprint density at radius 2 is 1.21 bits per heavy atom. The Balaban J connectivity index is -0.000000165. The van der Waals surface area contributed by atoms with Crippen molar-refractivity contribution in [2.24, 2.45) is 0 Å². The van der Waals surface area contributed by atoms with E-state index in [2.05, 4.69) is 58.3 Å². The summed E-state index contributed by atoms with van der Waals surface area (Å²) in [4.78, 5) is -0.0997. The van der Waals surface area contributed by atoms with Crippen LogP contribution in [0.25, 0.3) is 0 Å². The summed E-state index contributed by atoms with van der Waals surface area (Å²) in [6.07, 6.45) is -4.33. The molecule has 43 heavy (non-hydrogen) atoms. The number of nitrogens with zero attached hydrogens (tertiary/aromatic N) is 1. The quantitative estimate of drug-likeness (QED) is 0.179. The number of alkyl halides is 3. The molecular weight excluding hydrogens is 685 g/mol. The van der Waals surface area contributed by atoms with Crippen molar-refractivity contribution in [1.82, 2.24) is 4.31 Å². The normalized spacial score (nSPS) is 8.98. The van der Waals surface area contributed by atoms with Crippen LogP contribution >= 0.6 is 0 Å². The third-order valence-corrected chi connectivity index (χ3v) is 6.09. The van der Waals surface area contributed by atoms with Gasteiger partial charge in [0.25, 0.3) is 0 Å². The topological polar surface area (TPSA) is 157 Å². The third kappa shape index (κ3) is 21.3. The van der Waals surface area contributed by atoms with E-state index in [0.717, 1.165) is 9.87 Å². The van der Waals surface area contributed by atoms with Crippen LogP contribution in [0.3, 0.4) is 0 Å². The van der Waals surface area contributed by atoms with E-state index in [1.54, 1.807) is 44.2 Å². The fraction of sp³-hybridized carbons (Fsp3) is 0.214. The van der Waals surface area contributed by atoms with Crippen LogP contribution in [0.4, 0.5) is 13.2 Å². The molecule has 0 aliphatic carbocycles. The number of sulfonamides is 1. The number of rotatable bonds is 6. The Kier molecular flexibility index (Phi) is 45.5. The van der Waals surface area contributed by atoms with Gasteiger partial charge in [0.1, 0.15) is 0 Å². The van der Waals surface area contributed by atoms with Gasteiger partial charge in [-0.05, 0) is 24.6 Å². The van der Waals surface area contributed by atoms with Crippen molar-refractivity contribution in [1.29, 1.82) is 0 Å². The van der Waals surface area contributed by atoms with Crippen molar-refractivity contribution in [2.75, 3.05) is 6.54 Å². The van der Waals surface area contributed by atoms with Crippen LogP contribution in [0, 0.1) is 58.7 Å². The predicted octanol–water partition coefficient (Wildman–Crippen LogP) is 5.03. The molecule has 2 aromatic rings. The summed E-state index contributed by atoms with van der Waals surface area (Å²) < 4.78 is 113. The molecule has 1 atom stereocenters. The average Bonchev–Trinajstić information content (AvgIpc) is 3.03. The standard InChI is InChI=1S/C22H22F3NO2S.6CO.2Co/c1-4-5-9-16-26(29(27,28)20-14-12-17(2)13-15-20)21(18(3)22(23,24)25)19-10-7-6-8-11-19;6*1-2;;/h6-8,10-15,21H,3-4,16H2,1-2H3;;;;;;;;. The van der Waals surface area contributed by atoms with E-state index in [4.69, 9.17) is 27.9 Å². The molecule has 2 aromatic carbocycles. The van der Waals surface area contributed by atoms with Crippen LogP contribution in [0.2, 0.25) is 0 Å². The van der Waals surface area contributed by atoms with E-state index in [9.17, 15) is 21.6 Å². The van der Waals surface area contributed by atoms with Gasteiger partial charge >= 0.3 is 74.0 Å². The molecule has 0 fully saturated rings. The van der Waals surface area contributed by atoms with Gasteiger partial charge < -0.3 is 0 Å². The summed E-state index contributed by atoms with van der Waals surface area (Å²) in [5.74, 6) is 5.40. The number of hydrogen-bond acceptors (Lipinski definition) is 2. The molecule has 0 aliphatic heterocycles. The Bertz CT molecular complexity index is 1250. The summed E-state index contributed by atoms with van der Waals surface area (Å²) in [7, 11) is -4.28. The van der Waals surface area contributed by atoms with E-state index in [1.165, 1.54) is 24.3 Å². The van der Waals surface area contributed by atoms with E-state index < -0.39 is 34.4 Å². The first-order valence-corrected chi connectivity index (χ1v) is 11.6. The molecule has 2 rings (SSSR count). The molecule has 0 spiro atoms. The van der Waals surface area contributed by atoms with Gasteiger partial charge in [0.15, 0.2) is 0 Å². The summed E-state index contributed by atoms with van der Waals surface area (Å²) in [6.45, 7) is 33.4. The molecule has 0 N–H and O–H groups in total. The van der Waals surface area contributed by atoms with Crippen molar-refractivity contribution in [3.05, 3.63) is 118 Å². The second-order valence-electron chi connectivity index (χ2n) is 6.41. The van der Waals surface area contributed by atoms with Crippen molar-refractivity contribution in [3.63, 3.8) is 0 Å². The molecule has 9 nitrogen and oxygen atoms in total. The Labute approximate surface area is 270 Å². The van der Waals surface area contributed by atoms with E-state index in [0.29, 0.717) is 6.42 Å². The second kappa shape index (κ2) is 35.1. The van der Waals surface area contributed by atoms with Crippen LogP contribution in [-0.4, -0.2) is 25.4 Å². The first-order valence-electron chi connectivity index (χ1n) is 10.2. The molecule has 1 unspecified atom stereocenters. The molecule has 0 saturated heterocycles. The largest absolute Gasteiger partial charge is 0 e. The van der Waals surface area contributed by atoms with E-state index in [-0.39, 0.29) is 44.0 Å². The summed E-state index contributed by atoms with van der Waals surface area (Å²) in [5.41, 5.74) is -0.165. The SMILES string of the molecule is C=C(C(c1ccccc1)N(CC#CCC)S(=O)(=O)c1ccc(C)cc1)C(F)(F)F.[C-]#[O+].[C-]#[O+].[C-]#[O+].[C-]#[O+].[C-]#[O+].[C-]#[O+].[Co].[Co]. The van der Waals surface area contributed by atoms with Gasteiger partial charge in [-0.15, -0.1) is 5.92 Å².